The topological polar surface area (TPSA) is 66.9 Å². The molecule has 0 aliphatic heterocycles. The molecule has 106 valence electrons. The van der Waals surface area contributed by atoms with Gasteiger partial charge in [-0.15, -0.1) is 11.3 Å². The van der Waals surface area contributed by atoms with Gasteiger partial charge >= 0.3 is 0 Å². The summed E-state index contributed by atoms with van der Waals surface area (Å²) in [5.74, 6) is 0.863. The molecule has 0 atom stereocenters. The van der Waals surface area contributed by atoms with Gasteiger partial charge in [-0.3, -0.25) is 4.79 Å². The number of carbonyl (C=O) groups is 1. The molecule has 2 aromatic heterocycles. The Hall–Kier alpha value is -1.95. The lowest BCUT2D eigenvalue weighted by atomic mass is 10.1. The molecule has 0 aromatic carbocycles. The van der Waals surface area contributed by atoms with Crippen molar-refractivity contribution in [3.63, 3.8) is 0 Å². The SMILES string of the molecule is CNc1cc(C(=O)NCc2cscn2)cc(C(C)C)n1. The van der Waals surface area contributed by atoms with Crippen LogP contribution in [0.1, 0.15) is 41.5 Å². The molecule has 0 aliphatic rings. The number of carbonyl (C=O) groups excluding carboxylic acids is 1. The number of pyridine rings is 1. The van der Waals surface area contributed by atoms with Crippen LogP contribution in [-0.2, 0) is 6.54 Å². The summed E-state index contributed by atoms with van der Waals surface area (Å²) in [4.78, 5) is 20.8. The van der Waals surface area contributed by atoms with Crippen molar-refractivity contribution in [2.75, 3.05) is 12.4 Å². The van der Waals surface area contributed by atoms with E-state index in [1.54, 1.807) is 18.6 Å². The van der Waals surface area contributed by atoms with E-state index in [9.17, 15) is 4.79 Å². The van der Waals surface area contributed by atoms with E-state index >= 15 is 0 Å². The number of anilines is 1. The second-order valence-electron chi connectivity index (χ2n) is 4.73. The smallest absolute Gasteiger partial charge is 0.251 e. The highest BCUT2D eigenvalue weighted by Gasteiger charge is 2.11. The number of nitrogens with zero attached hydrogens (tertiary/aromatic N) is 2. The Kier molecular flexibility index (Phi) is 4.68. The third-order valence-electron chi connectivity index (χ3n) is 2.87. The van der Waals surface area contributed by atoms with Crippen molar-refractivity contribution in [2.24, 2.45) is 0 Å². The van der Waals surface area contributed by atoms with Crippen LogP contribution in [-0.4, -0.2) is 22.9 Å². The molecule has 0 radical (unpaired) electrons. The number of nitrogens with one attached hydrogen (secondary N) is 2. The van der Waals surface area contributed by atoms with Gasteiger partial charge in [0.05, 0.1) is 17.7 Å². The maximum Gasteiger partial charge on any atom is 0.251 e. The summed E-state index contributed by atoms with van der Waals surface area (Å²) in [6.45, 7) is 4.55. The van der Waals surface area contributed by atoms with E-state index in [2.05, 4.69) is 34.4 Å². The van der Waals surface area contributed by atoms with E-state index in [-0.39, 0.29) is 11.8 Å². The van der Waals surface area contributed by atoms with Gasteiger partial charge in [0.2, 0.25) is 0 Å². The van der Waals surface area contributed by atoms with Crippen LogP contribution >= 0.6 is 11.3 Å². The zero-order valence-electron chi connectivity index (χ0n) is 11.8. The molecule has 6 heteroatoms. The van der Waals surface area contributed by atoms with E-state index in [4.69, 9.17) is 0 Å². The second-order valence-corrected chi connectivity index (χ2v) is 5.45. The van der Waals surface area contributed by atoms with Gasteiger partial charge < -0.3 is 10.6 Å². The van der Waals surface area contributed by atoms with Gasteiger partial charge in [0.25, 0.3) is 5.91 Å². The monoisotopic (exact) mass is 290 g/mol. The molecule has 2 aromatic rings. The van der Waals surface area contributed by atoms with Crippen molar-refractivity contribution < 1.29 is 4.79 Å². The van der Waals surface area contributed by atoms with Gasteiger partial charge in [-0.05, 0) is 18.1 Å². The summed E-state index contributed by atoms with van der Waals surface area (Å²) >= 11 is 1.52. The van der Waals surface area contributed by atoms with E-state index < -0.39 is 0 Å². The van der Waals surface area contributed by atoms with Gasteiger partial charge in [0.1, 0.15) is 5.82 Å². The lowest BCUT2D eigenvalue weighted by Gasteiger charge is -2.11. The summed E-state index contributed by atoms with van der Waals surface area (Å²) in [5.41, 5.74) is 4.14. The molecule has 0 unspecified atom stereocenters. The van der Waals surface area contributed by atoms with Crippen molar-refractivity contribution in [3.8, 4) is 0 Å². The number of hydrogen-bond acceptors (Lipinski definition) is 5. The second kappa shape index (κ2) is 6.47. The van der Waals surface area contributed by atoms with Gasteiger partial charge in [0.15, 0.2) is 0 Å². The van der Waals surface area contributed by atoms with Crippen molar-refractivity contribution in [2.45, 2.75) is 26.3 Å². The minimum atomic E-state index is -0.112. The summed E-state index contributed by atoms with van der Waals surface area (Å²) in [6, 6.07) is 3.59. The van der Waals surface area contributed by atoms with Crippen LogP contribution in [0.25, 0.3) is 0 Å². The average molecular weight is 290 g/mol. The molecule has 2 N–H and O–H groups in total. The third kappa shape index (κ3) is 3.54. The van der Waals surface area contributed by atoms with Gasteiger partial charge in [0, 0.05) is 23.7 Å². The zero-order chi connectivity index (χ0) is 14.5. The fourth-order valence-corrected chi connectivity index (χ4v) is 2.26. The predicted octanol–water partition coefficient (Wildman–Crippen LogP) is 2.63. The highest BCUT2D eigenvalue weighted by atomic mass is 32.1. The molecule has 20 heavy (non-hydrogen) atoms. The zero-order valence-corrected chi connectivity index (χ0v) is 12.6. The molecule has 2 heterocycles. The van der Waals surface area contributed by atoms with E-state index in [0.29, 0.717) is 17.9 Å². The highest BCUT2D eigenvalue weighted by molar-refractivity contribution is 7.07. The first-order valence-corrected chi connectivity index (χ1v) is 7.39. The Labute approximate surface area is 122 Å². The number of hydrogen-bond donors (Lipinski definition) is 2. The first kappa shape index (κ1) is 14.5. The summed E-state index contributed by atoms with van der Waals surface area (Å²) in [5, 5.41) is 7.78. The molecule has 0 aliphatic carbocycles. The Morgan fingerprint density at radius 3 is 2.80 bits per heavy atom. The van der Waals surface area contributed by atoms with E-state index in [1.165, 1.54) is 11.3 Å². The third-order valence-corrected chi connectivity index (χ3v) is 3.50. The fourth-order valence-electron chi connectivity index (χ4n) is 1.70. The molecule has 0 fully saturated rings. The Bertz CT molecular complexity index is 581. The van der Waals surface area contributed by atoms with Gasteiger partial charge in [-0.2, -0.15) is 0 Å². The first-order chi connectivity index (χ1) is 9.60. The summed E-state index contributed by atoms with van der Waals surface area (Å²) < 4.78 is 0. The van der Waals surface area contributed by atoms with Crippen molar-refractivity contribution in [3.05, 3.63) is 40.0 Å². The lowest BCUT2D eigenvalue weighted by molar-refractivity contribution is 0.0950. The Balaban J connectivity index is 2.14. The number of amides is 1. The molecule has 5 nitrogen and oxygen atoms in total. The fraction of sp³-hybridized carbons (Fsp3) is 0.357. The standard InChI is InChI=1S/C14H18N4OS/c1-9(2)12-4-10(5-13(15-3)18-12)14(19)16-6-11-7-20-8-17-11/h4-5,7-9H,6H2,1-3H3,(H,15,18)(H,16,19). The molecule has 0 saturated heterocycles. The normalized spacial score (nSPS) is 10.6. The van der Waals surface area contributed by atoms with Crippen LogP contribution < -0.4 is 10.6 Å². The number of aromatic nitrogens is 2. The van der Waals surface area contributed by atoms with Crippen LogP contribution in [0.5, 0.6) is 0 Å². The van der Waals surface area contributed by atoms with Crippen LogP contribution in [0.4, 0.5) is 5.82 Å². The van der Waals surface area contributed by atoms with E-state index in [0.717, 1.165) is 11.4 Å². The maximum atomic E-state index is 12.2. The minimum Gasteiger partial charge on any atom is -0.373 e. The number of rotatable bonds is 5. The van der Waals surface area contributed by atoms with Crippen LogP contribution in [0, 0.1) is 0 Å². The largest absolute Gasteiger partial charge is 0.373 e. The predicted molar refractivity (Wildman–Crippen MR) is 81.2 cm³/mol. The van der Waals surface area contributed by atoms with Crippen LogP contribution in [0.3, 0.4) is 0 Å². The molecule has 0 spiro atoms. The number of thiazole rings is 1. The molecule has 2 rings (SSSR count). The molecular weight excluding hydrogens is 272 g/mol. The highest BCUT2D eigenvalue weighted by Crippen LogP contribution is 2.17. The quantitative estimate of drug-likeness (QED) is 0.888. The van der Waals surface area contributed by atoms with Crippen LogP contribution in [0.2, 0.25) is 0 Å². The van der Waals surface area contributed by atoms with E-state index in [1.807, 2.05) is 11.4 Å². The molecule has 0 saturated carbocycles. The van der Waals surface area contributed by atoms with Crippen molar-refractivity contribution in [1.29, 1.82) is 0 Å². The maximum absolute atomic E-state index is 12.2. The first-order valence-electron chi connectivity index (χ1n) is 6.45. The molecule has 1 amide bonds. The molecule has 0 bridgehead atoms. The van der Waals surface area contributed by atoms with Gasteiger partial charge in [-0.1, -0.05) is 13.8 Å². The Morgan fingerprint density at radius 1 is 1.40 bits per heavy atom. The molecular formula is C14H18N4OS. The van der Waals surface area contributed by atoms with Crippen molar-refractivity contribution in [1.82, 2.24) is 15.3 Å². The van der Waals surface area contributed by atoms with Crippen LogP contribution in [0.15, 0.2) is 23.0 Å². The summed E-state index contributed by atoms with van der Waals surface area (Å²) in [6.07, 6.45) is 0. The summed E-state index contributed by atoms with van der Waals surface area (Å²) in [7, 11) is 1.80. The average Bonchev–Trinajstić information content (AvgIpc) is 2.97. The Morgan fingerprint density at radius 2 is 2.20 bits per heavy atom. The minimum absolute atomic E-state index is 0.112. The lowest BCUT2D eigenvalue weighted by Crippen LogP contribution is -2.23. The van der Waals surface area contributed by atoms with Gasteiger partial charge in [-0.25, -0.2) is 9.97 Å². The van der Waals surface area contributed by atoms with Crippen molar-refractivity contribution >= 4 is 23.1 Å².